The predicted molar refractivity (Wildman–Crippen MR) is 94.9 cm³/mol. The Balaban J connectivity index is 0.000000240. The highest BCUT2D eigenvalue weighted by Crippen LogP contribution is 2.38. The number of benzene rings is 2. The highest BCUT2D eigenvalue weighted by atomic mass is 31.2. The molecule has 0 saturated carbocycles. The van der Waals surface area contributed by atoms with Gasteiger partial charge in [-0.05, 0) is 24.0 Å². The maximum atomic E-state index is 10.3. The Morgan fingerprint density at radius 1 is 0.583 bits per heavy atom. The van der Waals surface area contributed by atoms with Crippen molar-refractivity contribution >= 4 is 15.2 Å². The summed E-state index contributed by atoms with van der Waals surface area (Å²) in [5.41, 5.74) is 2.55. The summed E-state index contributed by atoms with van der Waals surface area (Å²) in [5, 5.41) is 0. The topological polar surface area (TPSA) is 115 Å². The summed E-state index contributed by atoms with van der Waals surface area (Å²) in [6, 6.07) is 20.8. The van der Waals surface area contributed by atoms with Gasteiger partial charge in [-0.1, -0.05) is 60.7 Å². The van der Waals surface area contributed by atoms with Crippen LogP contribution < -0.4 is 0 Å². The van der Waals surface area contributed by atoms with Crippen LogP contribution in [0.4, 0.5) is 0 Å². The van der Waals surface area contributed by atoms with E-state index < -0.39 is 15.2 Å². The fraction of sp³-hybridized carbons (Fsp3) is 0.250. The molecule has 0 atom stereocenters. The molecule has 0 unspecified atom stereocenters. The lowest BCUT2D eigenvalue weighted by molar-refractivity contribution is 0.364. The first-order valence-corrected chi connectivity index (χ1v) is 11.0. The van der Waals surface area contributed by atoms with Gasteiger partial charge >= 0.3 is 15.2 Å². The van der Waals surface area contributed by atoms with Crippen LogP contribution in [0.2, 0.25) is 0 Å². The first kappa shape index (κ1) is 20.8. The molecular formula is C16H22O6P2. The molecule has 0 radical (unpaired) electrons. The van der Waals surface area contributed by atoms with Crippen LogP contribution in [-0.2, 0) is 9.13 Å². The molecule has 2 aromatic rings. The Labute approximate surface area is 141 Å². The van der Waals surface area contributed by atoms with Gasteiger partial charge in [-0.15, -0.1) is 0 Å². The van der Waals surface area contributed by atoms with Crippen molar-refractivity contribution in [1.82, 2.24) is 0 Å². The molecule has 0 aromatic heterocycles. The van der Waals surface area contributed by atoms with Crippen molar-refractivity contribution in [2.75, 3.05) is 12.3 Å². The molecule has 0 aliphatic heterocycles. The van der Waals surface area contributed by atoms with E-state index in [0.717, 1.165) is 0 Å². The van der Waals surface area contributed by atoms with Crippen molar-refractivity contribution in [2.45, 2.75) is 12.8 Å². The van der Waals surface area contributed by atoms with Crippen LogP contribution in [0.15, 0.2) is 60.7 Å². The van der Waals surface area contributed by atoms with Crippen molar-refractivity contribution in [3.8, 4) is 11.1 Å². The van der Waals surface area contributed by atoms with Gasteiger partial charge in [0.15, 0.2) is 0 Å². The van der Waals surface area contributed by atoms with Crippen LogP contribution in [-0.4, -0.2) is 31.9 Å². The summed E-state index contributed by atoms with van der Waals surface area (Å²) < 4.78 is 20.5. The summed E-state index contributed by atoms with van der Waals surface area (Å²) >= 11 is 0. The standard InChI is InChI=1S/C12H10.C4H12O6P2/c1-3-7-11(8-4-1)12-9-5-2-6-10-12;5-11(6,7)3-1-2-4-12(8,9)10/h1-10H;1-4H2,(H2,5,6,7)(H2,8,9,10). The van der Waals surface area contributed by atoms with Crippen LogP contribution in [0.5, 0.6) is 0 Å². The van der Waals surface area contributed by atoms with E-state index in [-0.39, 0.29) is 25.2 Å². The summed E-state index contributed by atoms with van der Waals surface area (Å²) in [5.74, 6) is 0. The van der Waals surface area contributed by atoms with Gasteiger partial charge < -0.3 is 19.6 Å². The van der Waals surface area contributed by atoms with E-state index >= 15 is 0 Å². The highest BCUT2D eigenvalue weighted by Gasteiger charge is 2.15. The normalized spacial score (nSPS) is 11.5. The molecule has 4 N–H and O–H groups in total. The van der Waals surface area contributed by atoms with E-state index in [4.69, 9.17) is 19.6 Å². The zero-order valence-corrected chi connectivity index (χ0v) is 14.9. The zero-order chi connectivity index (χ0) is 18.1. The van der Waals surface area contributed by atoms with E-state index in [1.54, 1.807) is 0 Å². The fourth-order valence-electron chi connectivity index (χ4n) is 1.90. The molecule has 0 aliphatic rings. The van der Waals surface area contributed by atoms with Gasteiger partial charge in [-0.3, -0.25) is 9.13 Å². The van der Waals surface area contributed by atoms with Crippen molar-refractivity contribution in [3.05, 3.63) is 60.7 Å². The van der Waals surface area contributed by atoms with Gasteiger partial charge in [0.25, 0.3) is 0 Å². The molecule has 8 heteroatoms. The van der Waals surface area contributed by atoms with Crippen LogP contribution in [0.3, 0.4) is 0 Å². The Kier molecular flexibility index (Phi) is 8.57. The minimum Gasteiger partial charge on any atom is -0.324 e. The number of unbranched alkanes of at least 4 members (excludes halogenated alkanes) is 1. The third kappa shape index (κ3) is 10.5. The Hall–Kier alpha value is -1.26. The SMILES string of the molecule is O=P(O)(O)CCCCP(=O)(O)O.c1ccc(-c2ccccc2)cc1. The summed E-state index contributed by atoms with van der Waals surface area (Å²) in [6.07, 6.45) is -0.356. The lowest BCUT2D eigenvalue weighted by Gasteiger charge is -2.04. The highest BCUT2D eigenvalue weighted by molar-refractivity contribution is 7.52. The van der Waals surface area contributed by atoms with Gasteiger partial charge in [0.2, 0.25) is 0 Å². The first-order chi connectivity index (χ1) is 11.2. The van der Waals surface area contributed by atoms with Crippen LogP contribution in [0.1, 0.15) is 12.8 Å². The largest absolute Gasteiger partial charge is 0.325 e. The maximum absolute atomic E-state index is 10.3. The van der Waals surface area contributed by atoms with E-state index in [2.05, 4.69) is 48.5 Å². The van der Waals surface area contributed by atoms with Crippen LogP contribution in [0, 0.1) is 0 Å². The molecule has 0 aliphatic carbocycles. The summed E-state index contributed by atoms with van der Waals surface area (Å²) in [6.45, 7) is 0. The molecule has 0 amide bonds. The Morgan fingerprint density at radius 2 is 0.875 bits per heavy atom. The molecule has 6 nitrogen and oxygen atoms in total. The van der Waals surface area contributed by atoms with Crippen molar-refractivity contribution in [2.24, 2.45) is 0 Å². The molecular weight excluding hydrogens is 350 g/mol. The molecule has 2 rings (SSSR count). The molecule has 0 heterocycles. The zero-order valence-electron chi connectivity index (χ0n) is 13.1. The lowest BCUT2D eigenvalue weighted by Crippen LogP contribution is -1.92. The van der Waals surface area contributed by atoms with Crippen LogP contribution >= 0.6 is 15.2 Å². The second kappa shape index (κ2) is 9.90. The van der Waals surface area contributed by atoms with Crippen molar-refractivity contribution < 1.29 is 28.7 Å². The van der Waals surface area contributed by atoms with Gasteiger partial charge in [-0.25, -0.2) is 0 Å². The molecule has 0 spiro atoms. The van der Waals surface area contributed by atoms with Crippen molar-refractivity contribution in [3.63, 3.8) is 0 Å². The van der Waals surface area contributed by atoms with Gasteiger partial charge in [-0.2, -0.15) is 0 Å². The Morgan fingerprint density at radius 3 is 1.12 bits per heavy atom. The van der Waals surface area contributed by atoms with E-state index in [1.807, 2.05) is 12.1 Å². The molecule has 2 aromatic carbocycles. The minimum atomic E-state index is -4.00. The van der Waals surface area contributed by atoms with Gasteiger partial charge in [0, 0.05) is 12.3 Å². The third-order valence-electron chi connectivity index (χ3n) is 3.03. The number of hydrogen-bond acceptors (Lipinski definition) is 2. The smallest absolute Gasteiger partial charge is 0.324 e. The quantitative estimate of drug-likeness (QED) is 0.456. The van der Waals surface area contributed by atoms with Gasteiger partial charge in [0.05, 0.1) is 0 Å². The monoisotopic (exact) mass is 372 g/mol. The average molecular weight is 372 g/mol. The number of rotatable bonds is 6. The predicted octanol–water partition coefficient (Wildman–Crippen LogP) is 3.48. The van der Waals surface area contributed by atoms with E-state index in [9.17, 15) is 9.13 Å². The average Bonchev–Trinajstić information content (AvgIpc) is 2.52. The number of hydrogen-bond donors (Lipinski definition) is 4. The molecule has 0 bridgehead atoms. The van der Waals surface area contributed by atoms with E-state index in [1.165, 1.54) is 11.1 Å². The summed E-state index contributed by atoms with van der Waals surface area (Å²) in [7, 11) is -8.00. The van der Waals surface area contributed by atoms with E-state index in [0.29, 0.717) is 0 Å². The lowest BCUT2D eigenvalue weighted by atomic mass is 10.1. The molecule has 0 fully saturated rings. The third-order valence-corrected chi connectivity index (χ3v) is 4.83. The first-order valence-electron chi connectivity index (χ1n) is 7.37. The molecule has 0 saturated heterocycles. The van der Waals surface area contributed by atoms with Crippen LogP contribution in [0.25, 0.3) is 11.1 Å². The minimum absolute atomic E-state index is 0.134. The molecule has 132 valence electrons. The molecule has 24 heavy (non-hydrogen) atoms. The van der Waals surface area contributed by atoms with Crippen molar-refractivity contribution in [1.29, 1.82) is 0 Å². The van der Waals surface area contributed by atoms with Gasteiger partial charge in [0.1, 0.15) is 0 Å². The summed E-state index contributed by atoms with van der Waals surface area (Å²) in [4.78, 5) is 33.5. The maximum Gasteiger partial charge on any atom is 0.325 e. The second-order valence-electron chi connectivity index (χ2n) is 5.22. The second-order valence-corrected chi connectivity index (χ2v) is 8.77. The fourth-order valence-corrected chi connectivity index (χ4v) is 3.17. The Bertz CT molecular complexity index is 617.